The van der Waals surface area contributed by atoms with E-state index in [0.29, 0.717) is 0 Å². The molecule has 1 rings (SSSR count). The first kappa shape index (κ1) is 7.82. The van der Waals surface area contributed by atoms with Gasteiger partial charge in [-0.1, -0.05) is 0 Å². The van der Waals surface area contributed by atoms with Crippen LogP contribution >= 0.6 is 0 Å². The monoisotopic (exact) mass is 153 g/mol. The van der Waals surface area contributed by atoms with Crippen molar-refractivity contribution in [2.45, 2.75) is 26.2 Å². The first-order valence-electron chi connectivity index (χ1n) is 3.43. The normalized spacial score (nSPS) is 31.0. The lowest BCUT2D eigenvalue weighted by molar-refractivity contribution is 0.307. The van der Waals surface area contributed by atoms with Crippen LogP contribution in [0.2, 0.25) is 0 Å². The fourth-order valence-corrected chi connectivity index (χ4v) is 1.06. The van der Waals surface area contributed by atoms with Crippen LogP contribution in [0.15, 0.2) is 4.99 Å². The van der Waals surface area contributed by atoms with Crippen molar-refractivity contribution in [1.82, 2.24) is 10.2 Å². The standard InChI is InChI=1S/C6H11N5/c1-4-9-5(2)11(3-7)6(8)10-4/h4-5,9H,1-2H3,(H2,8,10). The molecule has 0 fully saturated rings. The van der Waals surface area contributed by atoms with Crippen LogP contribution in [-0.2, 0) is 0 Å². The lowest BCUT2D eigenvalue weighted by Gasteiger charge is -2.30. The molecule has 11 heavy (non-hydrogen) atoms. The highest BCUT2D eigenvalue weighted by atomic mass is 15.4. The maximum Gasteiger partial charge on any atom is 0.207 e. The zero-order valence-electron chi connectivity index (χ0n) is 6.57. The summed E-state index contributed by atoms with van der Waals surface area (Å²) in [6.07, 6.45) is 1.87. The summed E-state index contributed by atoms with van der Waals surface area (Å²) in [7, 11) is 0. The zero-order chi connectivity index (χ0) is 8.43. The molecule has 1 aliphatic rings. The van der Waals surface area contributed by atoms with E-state index < -0.39 is 0 Å². The van der Waals surface area contributed by atoms with Gasteiger partial charge in [-0.25, -0.2) is 9.89 Å². The van der Waals surface area contributed by atoms with Gasteiger partial charge in [0, 0.05) is 0 Å². The number of nitriles is 1. The van der Waals surface area contributed by atoms with Gasteiger partial charge in [-0.3, -0.25) is 5.32 Å². The second-order valence-corrected chi connectivity index (χ2v) is 2.48. The van der Waals surface area contributed by atoms with Gasteiger partial charge in [-0.2, -0.15) is 5.26 Å². The molecule has 0 aliphatic carbocycles. The van der Waals surface area contributed by atoms with E-state index in [-0.39, 0.29) is 18.3 Å². The minimum atomic E-state index is -0.0625. The van der Waals surface area contributed by atoms with Crippen molar-refractivity contribution in [2.24, 2.45) is 10.7 Å². The number of hydrogen-bond donors (Lipinski definition) is 2. The summed E-state index contributed by atoms with van der Waals surface area (Å²) in [4.78, 5) is 5.31. The summed E-state index contributed by atoms with van der Waals surface area (Å²) in [5.74, 6) is 0.284. The van der Waals surface area contributed by atoms with Crippen molar-refractivity contribution < 1.29 is 0 Å². The quantitative estimate of drug-likeness (QED) is 0.455. The molecule has 0 saturated carbocycles. The number of guanidine groups is 1. The van der Waals surface area contributed by atoms with E-state index >= 15 is 0 Å². The maximum atomic E-state index is 8.59. The molecular weight excluding hydrogens is 142 g/mol. The zero-order valence-corrected chi connectivity index (χ0v) is 6.57. The van der Waals surface area contributed by atoms with Crippen LogP contribution in [0.3, 0.4) is 0 Å². The number of nitrogens with two attached hydrogens (primary N) is 1. The fraction of sp³-hybridized carbons (Fsp3) is 0.667. The van der Waals surface area contributed by atoms with Gasteiger partial charge in [-0.05, 0) is 13.8 Å². The van der Waals surface area contributed by atoms with Crippen molar-refractivity contribution in [2.75, 3.05) is 0 Å². The van der Waals surface area contributed by atoms with Crippen LogP contribution in [0.25, 0.3) is 0 Å². The molecule has 1 heterocycles. The molecule has 0 aromatic rings. The van der Waals surface area contributed by atoms with E-state index in [1.54, 1.807) is 0 Å². The van der Waals surface area contributed by atoms with Gasteiger partial charge >= 0.3 is 0 Å². The van der Waals surface area contributed by atoms with E-state index in [2.05, 4.69) is 10.3 Å². The van der Waals surface area contributed by atoms with Crippen molar-refractivity contribution in [3.63, 3.8) is 0 Å². The Morgan fingerprint density at radius 1 is 1.73 bits per heavy atom. The van der Waals surface area contributed by atoms with Crippen LogP contribution < -0.4 is 11.1 Å². The molecule has 0 aromatic carbocycles. The Labute approximate surface area is 65.5 Å². The molecule has 5 heteroatoms. The third-order valence-electron chi connectivity index (χ3n) is 1.55. The molecular formula is C6H11N5. The summed E-state index contributed by atoms with van der Waals surface area (Å²) in [5.41, 5.74) is 5.48. The van der Waals surface area contributed by atoms with Gasteiger partial charge in [0.1, 0.15) is 6.17 Å². The van der Waals surface area contributed by atoms with Crippen LogP contribution in [0.1, 0.15) is 13.8 Å². The number of nitrogens with zero attached hydrogens (tertiary/aromatic N) is 3. The van der Waals surface area contributed by atoms with E-state index in [0.717, 1.165) is 0 Å². The van der Waals surface area contributed by atoms with Crippen LogP contribution in [0.4, 0.5) is 0 Å². The van der Waals surface area contributed by atoms with Gasteiger partial charge in [0.25, 0.3) is 0 Å². The molecule has 0 spiro atoms. The Bertz CT molecular complexity index is 216. The molecule has 60 valence electrons. The molecule has 2 atom stereocenters. The Balaban J connectivity index is 2.82. The lowest BCUT2D eigenvalue weighted by atomic mass is 10.4. The number of aliphatic imine (C=N–C) groups is 1. The Morgan fingerprint density at radius 3 is 2.82 bits per heavy atom. The molecule has 0 radical (unpaired) electrons. The molecule has 0 bridgehead atoms. The Kier molecular flexibility index (Phi) is 1.96. The van der Waals surface area contributed by atoms with Crippen LogP contribution in [-0.4, -0.2) is 23.2 Å². The van der Waals surface area contributed by atoms with Gasteiger partial charge in [0.05, 0.1) is 6.17 Å². The predicted octanol–water partition coefficient (Wildman–Crippen LogP) is -0.621. The van der Waals surface area contributed by atoms with Crippen LogP contribution in [0.5, 0.6) is 0 Å². The molecule has 3 N–H and O–H groups in total. The second kappa shape index (κ2) is 2.76. The van der Waals surface area contributed by atoms with Crippen molar-refractivity contribution in [3.8, 4) is 6.19 Å². The first-order valence-corrected chi connectivity index (χ1v) is 3.43. The van der Waals surface area contributed by atoms with Gasteiger partial charge < -0.3 is 5.73 Å². The van der Waals surface area contributed by atoms with E-state index in [9.17, 15) is 0 Å². The first-order chi connectivity index (χ1) is 5.15. The summed E-state index contributed by atoms with van der Waals surface area (Å²) >= 11 is 0. The molecule has 2 unspecified atom stereocenters. The summed E-state index contributed by atoms with van der Waals surface area (Å²) < 4.78 is 0. The molecule has 0 aromatic heterocycles. The summed E-state index contributed by atoms with van der Waals surface area (Å²) in [6, 6.07) is 0. The summed E-state index contributed by atoms with van der Waals surface area (Å²) in [5, 5.41) is 11.6. The van der Waals surface area contributed by atoms with Gasteiger partial charge in [0.15, 0.2) is 6.19 Å². The average molecular weight is 153 g/mol. The average Bonchev–Trinajstić information content (AvgIpc) is 1.85. The van der Waals surface area contributed by atoms with Crippen molar-refractivity contribution in [3.05, 3.63) is 0 Å². The van der Waals surface area contributed by atoms with Gasteiger partial charge in [-0.15, -0.1) is 0 Å². The third kappa shape index (κ3) is 1.41. The third-order valence-corrected chi connectivity index (χ3v) is 1.55. The summed E-state index contributed by atoms with van der Waals surface area (Å²) in [6.45, 7) is 3.75. The number of hydrogen-bond acceptors (Lipinski definition) is 5. The van der Waals surface area contributed by atoms with E-state index in [4.69, 9.17) is 11.0 Å². The topological polar surface area (TPSA) is 77.4 Å². The largest absolute Gasteiger partial charge is 0.369 e. The molecule has 0 saturated heterocycles. The van der Waals surface area contributed by atoms with E-state index in [1.165, 1.54) is 4.90 Å². The van der Waals surface area contributed by atoms with Gasteiger partial charge in [0.2, 0.25) is 5.96 Å². The Hall–Kier alpha value is -1.28. The number of nitrogens with one attached hydrogen (secondary N) is 1. The second-order valence-electron chi connectivity index (χ2n) is 2.48. The maximum absolute atomic E-state index is 8.59. The molecule has 1 aliphatic heterocycles. The predicted molar refractivity (Wildman–Crippen MR) is 41.1 cm³/mol. The fourth-order valence-electron chi connectivity index (χ4n) is 1.06. The van der Waals surface area contributed by atoms with Crippen LogP contribution in [0, 0.1) is 11.5 Å². The Morgan fingerprint density at radius 2 is 2.36 bits per heavy atom. The highest BCUT2D eigenvalue weighted by Crippen LogP contribution is 2.02. The molecule has 0 amide bonds. The minimum Gasteiger partial charge on any atom is -0.369 e. The van der Waals surface area contributed by atoms with Crippen molar-refractivity contribution >= 4 is 5.96 Å². The highest BCUT2D eigenvalue weighted by Gasteiger charge is 2.22. The van der Waals surface area contributed by atoms with E-state index in [1.807, 2.05) is 20.0 Å². The number of rotatable bonds is 0. The van der Waals surface area contributed by atoms with Crippen molar-refractivity contribution in [1.29, 1.82) is 5.26 Å². The smallest absolute Gasteiger partial charge is 0.207 e. The minimum absolute atomic E-state index is 0.00500. The molecule has 5 nitrogen and oxygen atoms in total. The SMILES string of the molecule is CC1N=C(N)N(C#N)C(C)N1. The highest BCUT2D eigenvalue weighted by molar-refractivity contribution is 5.80. The lowest BCUT2D eigenvalue weighted by Crippen LogP contribution is -2.54.